The van der Waals surface area contributed by atoms with Crippen molar-refractivity contribution in [3.8, 4) is 5.75 Å². The molecule has 1 unspecified atom stereocenters. The third-order valence-electron chi connectivity index (χ3n) is 2.87. The highest BCUT2D eigenvalue weighted by atomic mass is 79.9. The van der Waals surface area contributed by atoms with E-state index in [1.54, 1.807) is 12.0 Å². The van der Waals surface area contributed by atoms with E-state index in [0.29, 0.717) is 11.8 Å². The van der Waals surface area contributed by atoms with E-state index in [4.69, 9.17) is 4.74 Å². The summed E-state index contributed by atoms with van der Waals surface area (Å²) in [6.07, 6.45) is 0.510. The predicted octanol–water partition coefficient (Wildman–Crippen LogP) is 3.00. The number of carbonyl (C=O) groups is 1. The number of para-hydroxylation sites is 1. The maximum Gasteiger partial charge on any atom is 0.223 e. The highest BCUT2D eigenvalue weighted by Gasteiger charge is 2.19. The van der Waals surface area contributed by atoms with Gasteiger partial charge in [0.2, 0.25) is 5.91 Å². The predicted molar refractivity (Wildman–Crippen MR) is 72.6 cm³/mol. The fourth-order valence-electron chi connectivity index (χ4n) is 1.69. The Kier molecular flexibility index (Phi) is 5.48. The Labute approximate surface area is 111 Å². The van der Waals surface area contributed by atoms with E-state index in [1.807, 2.05) is 38.2 Å². The molecule has 1 amide bonds. The zero-order valence-corrected chi connectivity index (χ0v) is 12.0. The highest BCUT2D eigenvalue weighted by Crippen LogP contribution is 2.28. The monoisotopic (exact) mass is 299 g/mol. The fraction of sp³-hybridized carbons (Fsp3) is 0.462. The van der Waals surface area contributed by atoms with Crippen LogP contribution in [-0.2, 0) is 4.79 Å². The lowest BCUT2D eigenvalue weighted by atomic mass is 10.1. The molecule has 17 heavy (non-hydrogen) atoms. The maximum absolute atomic E-state index is 11.8. The molecule has 0 aliphatic carbocycles. The molecule has 1 aromatic carbocycles. The van der Waals surface area contributed by atoms with Crippen LogP contribution in [0.4, 0.5) is 0 Å². The van der Waals surface area contributed by atoms with Gasteiger partial charge in [0.25, 0.3) is 0 Å². The second kappa shape index (κ2) is 6.64. The van der Waals surface area contributed by atoms with E-state index in [1.165, 1.54) is 0 Å². The third-order valence-corrected chi connectivity index (χ3v) is 3.27. The first kappa shape index (κ1) is 14.0. The van der Waals surface area contributed by atoms with Crippen molar-refractivity contribution in [3.63, 3.8) is 0 Å². The van der Waals surface area contributed by atoms with E-state index in [9.17, 15) is 4.79 Å². The van der Waals surface area contributed by atoms with Crippen LogP contribution in [0.3, 0.4) is 0 Å². The Bertz CT molecular complexity index is 381. The zero-order chi connectivity index (χ0) is 12.8. The molecule has 0 aromatic heterocycles. The van der Waals surface area contributed by atoms with E-state index in [2.05, 4.69) is 15.9 Å². The highest BCUT2D eigenvalue weighted by molar-refractivity contribution is 9.09. The quantitative estimate of drug-likeness (QED) is 0.782. The third kappa shape index (κ3) is 3.46. The molecule has 0 bridgehead atoms. The fourth-order valence-corrected chi connectivity index (χ4v) is 2.03. The average molecular weight is 300 g/mol. The van der Waals surface area contributed by atoms with Gasteiger partial charge < -0.3 is 9.64 Å². The molecular formula is C13H18BrNO2. The number of amides is 1. The number of alkyl halides is 1. The number of rotatable bonds is 5. The Balaban J connectivity index is 2.88. The second-order valence-electron chi connectivity index (χ2n) is 3.86. The van der Waals surface area contributed by atoms with Crippen molar-refractivity contribution in [2.24, 2.45) is 0 Å². The van der Waals surface area contributed by atoms with Gasteiger partial charge in [0, 0.05) is 24.4 Å². The standard InChI is InChI=1S/C13H18BrNO2/c1-10(15(2)13(16)8-9-14)11-6-4-5-7-12(11)17-3/h4-7,10H,8-9H2,1-3H3. The van der Waals surface area contributed by atoms with Gasteiger partial charge in [-0.15, -0.1) is 0 Å². The van der Waals surface area contributed by atoms with Crippen LogP contribution in [0.1, 0.15) is 24.9 Å². The molecule has 94 valence electrons. The minimum atomic E-state index is 0.0118. The summed E-state index contributed by atoms with van der Waals surface area (Å²) in [5.74, 6) is 0.943. The summed E-state index contributed by atoms with van der Waals surface area (Å²) in [5, 5.41) is 0.689. The summed E-state index contributed by atoms with van der Waals surface area (Å²) in [5.41, 5.74) is 1.03. The molecule has 1 atom stereocenters. The molecule has 1 rings (SSSR count). The molecule has 1 aromatic rings. The SMILES string of the molecule is COc1ccccc1C(C)N(C)C(=O)CCBr. The Morgan fingerprint density at radius 2 is 2.12 bits per heavy atom. The maximum atomic E-state index is 11.8. The summed E-state index contributed by atoms with van der Waals surface area (Å²) in [6.45, 7) is 2.00. The number of methoxy groups -OCH3 is 1. The summed E-state index contributed by atoms with van der Waals surface area (Å²) in [4.78, 5) is 13.6. The molecule has 0 heterocycles. The summed E-state index contributed by atoms with van der Waals surface area (Å²) >= 11 is 3.28. The van der Waals surface area contributed by atoms with E-state index >= 15 is 0 Å². The van der Waals surface area contributed by atoms with Crippen molar-refractivity contribution in [3.05, 3.63) is 29.8 Å². The van der Waals surface area contributed by atoms with Crippen LogP contribution in [0.5, 0.6) is 5.75 Å². The first-order valence-electron chi connectivity index (χ1n) is 5.56. The molecule has 0 spiro atoms. The van der Waals surface area contributed by atoms with Gasteiger partial charge in [-0.2, -0.15) is 0 Å². The number of nitrogens with zero attached hydrogens (tertiary/aromatic N) is 1. The number of ether oxygens (including phenoxy) is 1. The van der Waals surface area contributed by atoms with Gasteiger partial charge in [0.1, 0.15) is 5.75 Å². The van der Waals surface area contributed by atoms with E-state index in [-0.39, 0.29) is 11.9 Å². The van der Waals surface area contributed by atoms with Gasteiger partial charge in [-0.05, 0) is 13.0 Å². The lowest BCUT2D eigenvalue weighted by Gasteiger charge is -2.26. The van der Waals surface area contributed by atoms with Gasteiger partial charge in [-0.3, -0.25) is 4.79 Å². The molecule has 3 nitrogen and oxygen atoms in total. The Hall–Kier alpha value is -1.03. The van der Waals surface area contributed by atoms with Crippen molar-refractivity contribution in [2.45, 2.75) is 19.4 Å². The smallest absolute Gasteiger partial charge is 0.223 e. The minimum absolute atomic E-state index is 0.0118. The number of hydrogen-bond donors (Lipinski definition) is 0. The van der Waals surface area contributed by atoms with E-state index < -0.39 is 0 Å². The zero-order valence-electron chi connectivity index (χ0n) is 10.4. The Morgan fingerprint density at radius 3 is 2.71 bits per heavy atom. The van der Waals surface area contributed by atoms with Crippen LogP contribution in [0.15, 0.2) is 24.3 Å². The van der Waals surface area contributed by atoms with Gasteiger partial charge in [0.15, 0.2) is 0 Å². The van der Waals surface area contributed by atoms with Crippen molar-refractivity contribution in [1.29, 1.82) is 0 Å². The average Bonchev–Trinajstić information content (AvgIpc) is 2.37. The van der Waals surface area contributed by atoms with Crippen LogP contribution in [-0.4, -0.2) is 30.3 Å². The molecule has 0 aliphatic rings. The molecule has 0 saturated carbocycles. The molecule has 4 heteroatoms. The van der Waals surface area contributed by atoms with Gasteiger partial charge in [-0.1, -0.05) is 34.1 Å². The van der Waals surface area contributed by atoms with Gasteiger partial charge in [-0.25, -0.2) is 0 Å². The van der Waals surface area contributed by atoms with Gasteiger partial charge in [0.05, 0.1) is 13.2 Å². The number of carbonyl (C=O) groups excluding carboxylic acids is 1. The van der Waals surface area contributed by atoms with Crippen LogP contribution < -0.4 is 4.74 Å². The van der Waals surface area contributed by atoms with Crippen molar-refractivity contribution >= 4 is 21.8 Å². The lowest BCUT2D eigenvalue weighted by molar-refractivity contribution is -0.131. The number of hydrogen-bond acceptors (Lipinski definition) is 2. The van der Waals surface area contributed by atoms with Crippen LogP contribution in [0, 0.1) is 0 Å². The largest absolute Gasteiger partial charge is 0.496 e. The van der Waals surface area contributed by atoms with Crippen LogP contribution >= 0.6 is 15.9 Å². The molecule has 0 fully saturated rings. The summed E-state index contributed by atoms with van der Waals surface area (Å²) < 4.78 is 5.31. The van der Waals surface area contributed by atoms with E-state index in [0.717, 1.165) is 11.3 Å². The van der Waals surface area contributed by atoms with Gasteiger partial charge >= 0.3 is 0 Å². The molecular weight excluding hydrogens is 282 g/mol. The Morgan fingerprint density at radius 1 is 1.47 bits per heavy atom. The topological polar surface area (TPSA) is 29.5 Å². The molecule has 0 N–H and O–H groups in total. The van der Waals surface area contributed by atoms with Crippen molar-refractivity contribution in [2.75, 3.05) is 19.5 Å². The summed E-state index contributed by atoms with van der Waals surface area (Å²) in [6, 6.07) is 7.79. The summed E-state index contributed by atoms with van der Waals surface area (Å²) in [7, 11) is 3.47. The molecule has 0 saturated heterocycles. The van der Waals surface area contributed by atoms with Crippen LogP contribution in [0.2, 0.25) is 0 Å². The lowest BCUT2D eigenvalue weighted by Crippen LogP contribution is -2.29. The van der Waals surface area contributed by atoms with Crippen molar-refractivity contribution in [1.82, 2.24) is 4.90 Å². The first-order chi connectivity index (χ1) is 8.11. The first-order valence-corrected chi connectivity index (χ1v) is 6.68. The second-order valence-corrected chi connectivity index (χ2v) is 4.65. The number of benzene rings is 1. The van der Waals surface area contributed by atoms with Crippen molar-refractivity contribution < 1.29 is 9.53 Å². The minimum Gasteiger partial charge on any atom is -0.496 e. The van der Waals surface area contributed by atoms with Crippen LogP contribution in [0.25, 0.3) is 0 Å². The normalized spacial score (nSPS) is 12.0. The molecule has 0 aliphatic heterocycles. The number of halogens is 1. The molecule has 0 radical (unpaired) electrons.